The van der Waals surface area contributed by atoms with Gasteiger partial charge in [0.05, 0.1) is 11.9 Å². The molecule has 3 rings (SSSR count). The van der Waals surface area contributed by atoms with Crippen LogP contribution < -0.4 is 10.9 Å². The number of carbonyl (C=O) groups is 1. The van der Waals surface area contributed by atoms with Crippen LogP contribution in [0.4, 0.5) is 0 Å². The van der Waals surface area contributed by atoms with E-state index in [0.717, 1.165) is 5.56 Å². The Hall–Kier alpha value is -2.60. The van der Waals surface area contributed by atoms with Crippen molar-refractivity contribution in [1.82, 2.24) is 15.3 Å². The molecular weight excluding hydrogens is 318 g/mol. The highest BCUT2D eigenvalue weighted by Gasteiger charge is 2.21. The largest absolute Gasteiger partial charge is 0.442 e. The lowest BCUT2D eigenvalue weighted by molar-refractivity contribution is 0.0954. The molecule has 0 radical (unpaired) electrons. The predicted molar refractivity (Wildman–Crippen MR) is 86.9 cm³/mol. The van der Waals surface area contributed by atoms with Crippen molar-refractivity contribution in [2.45, 2.75) is 13.3 Å². The Bertz CT molecular complexity index is 912. The molecule has 0 spiro atoms. The van der Waals surface area contributed by atoms with E-state index in [1.165, 1.54) is 6.33 Å². The van der Waals surface area contributed by atoms with E-state index in [4.69, 9.17) is 16.0 Å². The number of carbonyl (C=O) groups excluding carboxylic acids is 1. The lowest BCUT2D eigenvalue weighted by Crippen LogP contribution is -2.27. The predicted octanol–water partition coefficient (Wildman–Crippen LogP) is 2.45. The summed E-state index contributed by atoms with van der Waals surface area (Å²) in [5, 5.41) is 3.64. The number of H-pyrrole nitrogens is 1. The third-order valence-corrected chi connectivity index (χ3v) is 3.76. The van der Waals surface area contributed by atoms with Crippen molar-refractivity contribution in [3.8, 4) is 0 Å². The van der Waals surface area contributed by atoms with Crippen molar-refractivity contribution in [3.05, 3.63) is 62.9 Å². The average molecular weight is 332 g/mol. The van der Waals surface area contributed by atoms with Gasteiger partial charge in [-0.2, -0.15) is 0 Å². The first-order chi connectivity index (χ1) is 11.1. The number of furan rings is 1. The number of amides is 1. The zero-order chi connectivity index (χ0) is 16.4. The fourth-order valence-corrected chi connectivity index (χ4v) is 2.51. The molecule has 0 atom stereocenters. The number of rotatable bonds is 4. The Morgan fingerprint density at radius 3 is 2.83 bits per heavy atom. The molecule has 2 N–H and O–H groups in total. The molecule has 1 aromatic carbocycles. The number of halogens is 1. The van der Waals surface area contributed by atoms with Crippen molar-refractivity contribution in [3.63, 3.8) is 0 Å². The van der Waals surface area contributed by atoms with Crippen molar-refractivity contribution in [1.29, 1.82) is 0 Å². The van der Waals surface area contributed by atoms with Gasteiger partial charge in [0, 0.05) is 11.6 Å². The first-order valence-corrected chi connectivity index (χ1v) is 7.43. The van der Waals surface area contributed by atoms with Gasteiger partial charge in [-0.15, -0.1) is 0 Å². The van der Waals surface area contributed by atoms with Gasteiger partial charge in [0.1, 0.15) is 11.1 Å². The van der Waals surface area contributed by atoms with Crippen LogP contribution >= 0.6 is 11.6 Å². The average Bonchev–Trinajstić information content (AvgIpc) is 2.86. The summed E-state index contributed by atoms with van der Waals surface area (Å²) in [6, 6.07) is 7.42. The van der Waals surface area contributed by atoms with Gasteiger partial charge >= 0.3 is 0 Å². The van der Waals surface area contributed by atoms with Crippen LogP contribution in [0.5, 0.6) is 0 Å². The first kappa shape index (κ1) is 15.3. The number of nitrogens with zero attached hydrogens (tertiary/aromatic N) is 1. The molecule has 0 bridgehead atoms. The molecule has 0 saturated heterocycles. The summed E-state index contributed by atoms with van der Waals surface area (Å²) in [6.45, 7) is 2.07. The van der Waals surface area contributed by atoms with E-state index < -0.39 is 5.56 Å². The molecule has 7 heteroatoms. The van der Waals surface area contributed by atoms with Gasteiger partial charge in [0.25, 0.3) is 11.5 Å². The summed E-state index contributed by atoms with van der Waals surface area (Å²) >= 11 is 5.83. The molecule has 2 heterocycles. The number of hydrogen-bond acceptors (Lipinski definition) is 4. The summed E-state index contributed by atoms with van der Waals surface area (Å²) in [4.78, 5) is 30.6. The molecule has 0 aliphatic heterocycles. The van der Waals surface area contributed by atoms with Crippen molar-refractivity contribution >= 4 is 28.6 Å². The number of benzene rings is 1. The lowest BCUT2D eigenvalue weighted by atomic mass is 10.1. The number of aromatic nitrogens is 2. The van der Waals surface area contributed by atoms with Crippen LogP contribution in [0.15, 0.2) is 39.8 Å². The molecule has 0 unspecified atom stereocenters. The van der Waals surface area contributed by atoms with Crippen molar-refractivity contribution in [2.75, 3.05) is 6.54 Å². The molecule has 118 valence electrons. The van der Waals surface area contributed by atoms with Gasteiger partial charge in [0.15, 0.2) is 0 Å². The Kier molecular flexibility index (Phi) is 4.16. The molecule has 6 nitrogen and oxygen atoms in total. The van der Waals surface area contributed by atoms with Gasteiger partial charge in [-0.1, -0.05) is 23.7 Å². The maximum Gasteiger partial charge on any atom is 0.262 e. The topological polar surface area (TPSA) is 88.0 Å². The molecule has 3 aromatic rings. The molecule has 0 aliphatic rings. The Balaban J connectivity index is 1.75. The normalized spacial score (nSPS) is 10.9. The third-order valence-electron chi connectivity index (χ3n) is 3.51. The van der Waals surface area contributed by atoms with E-state index in [-0.39, 0.29) is 22.6 Å². The van der Waals surface area contributed by atoms with E-state index in [9.17, 15) is 9.59 Å². The highest BCUT2D eigenvalue weighted by molar-refractivity contribution is 6.30. The van der Waals surface area contributed by atoms with Crippen LogP contribution in [-0.2, 0) is 6.42 Å². The van der Waals surface area contributed by atoms with Gasteiger partial charge in [-0.05, 0) is 31.0 Å². The molecule has 2 aromatic heterocycles. The summed E-state index contributed by atoms with van der Waals surface area (Å²) in [6.07, 6.45) is 1.90. The number of fused-ring (bicyclic) bond motifs is 1. The molecular formula is C16H14ClN3O3. The number of aromatic amines is 1. The molecule has 0 aliphatic carbocycles. The zero-order valence-electron chi connectivity index (χ0n) is 12.4. The van der Waals surface area contributed by atoms with E-state index >= 15 is 0 Å². The van der Waals surface area contributed by atoms with Gasteiger partial charge in [0.2, 0.25) is 5.71 Å². The standard InChI is InChI=1S/C16H14ClN3O3/c1-9-12(13-15(22)19-8-20-16(13)23-9)14(21)18-7-6-10-2-4-11(17)5-3-10/h2-5,8H,6-7H2,1H3,(H,18,21)(H,19,20,22). The van der Waals surface area contributed by atoms with Crippen LogP contribution in [0.2, 0.25) is 5.02 Å². The number of hydrogen-bond donors (Lipinski definition) is 2. The minimum absolute atomic E-state index is 0.161. The van der Waals surface area contributed by atoms with Gasteiger partial charge in [-0.3, -0.25) is 9.59 Å². The Morgan fingerprint density at radius 1 is 1.35 bits per heavy atom. The quantitative estimate of drug-likeness (QED) is 0.768. The third kappa shape index (κ3) is 3.12. The van der Waals surface area contributed by atoms with Gasteiger partial charge in [-0.25, -0.2) is 4.98 Å². The second kappa shape index (κ2) is 6.26. The van der Waals surface area contributed by atoms with Crippen LogP contribution in [0.1, 0.15) is 21.7 Å². The summed E-state index contributed by atoms with van der Waals surface area (Å²) in [7, 11) is 0. The van der Waals surface area contributed by atoms with E-state index in [1.54, 1.807) is 19.1 Å². The van der Waals surface area contributed by atoms with Crippen molar-refractivity contribution < 1.29 is 9.21 Å². The fourth-order valence-electron chi connectivity index (χ4n) is 2.39. The van der Waals surface area contributed by atoms with Crippen LogP contribution in [0.25, 0.3) is 11.1 Å². The zero-order valence-corrected chi connectivity index (χ0v) is 13.1. The molecule has 23 heavy (non-hydrogen) atoms. The summed E-state index contributed by atoms with van der Waals surface area (Å²) < 4.78 is 5.37. The SMILES string of the molecule is Cc1oc2nc[nH]c(=O)c2c1C(=O)NCCc1ccc(Cl)cc1. The minimum Gasteiger partial charge on any atom is -0.442 e. The van der Waals surface area contributed by atoms with E-state index in [2.05, 4.69) is 15.3 Å². The van der Waals surface area contributed by atoms with Crippen LogP contribution in [0, 0.1) is 6.92 Å². The number of aryl methyl sites for hydroxylation is 1. The van der Waals surface area contributed by atoms with Crippen LogP contribution in [-0.4, -0.2) is 22.4 Å². The van der Waals surface area contributed by atoms with E-state index in [1.807, 2.05) is 12.1 Å². The smallest absolute Gasteiger partial charge is 0.262 e. The minimum atomic E-state index is -0.394. The highest BCUT2D eigenvalue weighted by atomic mass is 35.5. The highest BCUT2D eigenvalue weighted by Crippen LogP contribution is 2.20. The second-order valence-electron chi connectivity index (χ2n) is 5.08. The van der Waals surface area contributed by atoms with Crippen molar-refractivity contribution in [2.24, 2.45) is 0 Å². The summed E-state index contributed by atoms with van der Waals surface area (Å²) in [5.74, 6) is 0.0157. The monoisotopic (exact) mass is 331 g/mol. The lowest BCUT2D eigenvalue weighted by Gasteiger charge is -2.05. The molecule has 0 fully saturated rings. The van der Waals surface area contributed by atoms with Crippen LogP contribution in [0.3, 0.4) is 0 Å². The maximum atomic E-state index is 12.4. The maximum absolute atomic E-state index is 12.4. The van der Waals surface area contributed by atoms with Gasteiger partial charge < -0.3 is 14.7 Å². The number of nitrogens with one attached hydrogen (secondary N) is 2. The summed E-state index contributed by atoms with van der Waals surface area (Å²) in [5.41, 5.74) is 1.05. The molecule has 0 saturated carbocycles. The Morgan fingerprint density at radius 2 is 2.09 bits per heavy atom. The Labute approximate surface area is 136 Å². The fraction of sp³-hybridized carbons (Fsp3) is 0.188. The second-order valence-corrected chi connectivity index (χ2v) is 5.51. The molecule has 1 amide bonds. The first-order valence-electron chi connectivity index (χ1n) is 7.05. The van der Waals surface area contributed by atoms with E-state index in [0.29, 0.717) is 23.7 Å².